The van der Waals surface area contributed by atoms with Gasteiger partial charge in [0.05, 0.1) is 3.79 Å². The maximum Gasteiger partial charge on any atom is 0.251 e. The van der Waals surface area contributed by atoms with Crippen LogP contribution >= 0.6 is 43.2 Å². The van der Waals surface area contributed by atoms with Crippen LogP contribution in [-0.2, 0) is 6.54 Å². The minimum atomic E-state index is -0.0369. The summed E-state index contributed by atoms with van der Waals surface area (Å²) in [6, 6.07) is 9.58. The van der Waals surface area contributed by atoms with E-state index < -0.39 is 0 Å². The summed E-state index contributed by atoms with van der Waals surface area (Å²) in [6.45, 7) is 3.31. The highest BCUT2D eigenvalue weighted by Crippen LogP contribution is 2.32. The van der Waals surface area contributed by atoms with E-state index in [-0.39, 0.29) is 5.91 Å². The van der Waals surface area contributed by atoms with Gasteiger partial charge in [0.25, 0.3) is 5.91 Å². The standard InChI is InChI=1S/C14H14Br2N2OS/c1-2-17-14(19)9-3-5-10(6-4-9)18-8-11-7-12(15)13(16)20-11/h3-7,18H,2,8H2,1H3,(H,17,19). The van der Waals surface area contributed by atoms with Crippen LogP contribution in [0.15, 0.2) is 38.6 Å². The number of hydrogen-bond donors (Lipinski definition) is 2. The molecular formula is C14H14Br2N2OS. The summed E-state index contributed by atoms with van der Waals surface area (Å²) < 4.78 is 2.17. The van der Waals surface area contributed by atoms with Gasteiger partial charge in [0.15, 0.2) is 0 Å². The van der Waals surface area contributed by atoms with Crippen LogP contribution in [0.5, 0.6) is 0 Å². The number of halogens is 2. The topological polar surface area (TPSA) is 41.1 Å². The van der Waals surface area contributed by atoms with Crippen molar-refractivity contribution in [1.82, 2.24) is 5.32 Å². The molecule has 0 aliphatic rings. The maximum absolute atomic E-state index is 11.6. The van der Waals surface area contributed by atoms with Crippen LogP contribution in [0.3, 0.4) is 0 Å². The lowest BCUT2D eigenvalue weighted by atomic mass is 10.2. The second kappa shape index (κ2) is 7.24. The third-order valence-electron chi connectivity index (χ3n) is 2.65. The van der Waals surface area contributed by atoms with Crippen LogP contribution in [0.25, 0.3) is 0 Å². The Morgan fingerprint density at radius 1 is 1.25 bits per heavy atom. The molecule has 106 valence electrons. The molecule has 0 fully saturated rings. The molecule has 1 aromatic heterocycles. The summed E-state index contributed by atoms with van der Waals surface area (Å²) in [7, 11) is 0. The van der Waals surface area contributed by atoms with Gasteiger partial charge in [0, 0.05) is 33.7 Å². The molecular weight excluding hydrogens is 404 g/mol. The molecule has 2 rings (SSSR count). The zero-order chi connectivity index (χ0) is 14.5. The van der Waals surface area contributed by atoms with E-state index in [1.165, 1.54) is 4.88 Å². The molecule has 0 bridgehead atoms. The molecule has 0 saturated heterocycles. The minimum absolute atomic E-state index is 0.0369. The SMILES string of the molecule is CCNC(=O)c1ccc(NCc2cc(Br)c(Br)s2)cc1. The van der Waals surface area contributed by atoms with Crippen molar-refractivity contribution in [2.24, 2.45) is 0 Å². The second-order valence-electron chi connectivity index (χ2n) is 4.12. The summed E-state index contributed by atoms with van der Waals surface area (Å²) >= 11 is 8.65. The fourth-order valence-electron chi connectivity index (χ4n) is 1.67. The first-order valence-corrected chi connectivity index (χ1v) is 8.56. The lowest BCUT2D eigenvalue weighted by molar-refractivity contribution is 0.0956. The molecule has 1 aromatic carbocycles. The fourth-order valence-corrected chi connectivity index (χ4v) is 3.79. The number of amides is 1. The zero-order valence-corrected chi connectivity index (χ0v) is 14.9. The van der Waals surface area contributed by atoms with Gasteiger partial charge in [-0.25, -0.2) is 0 Å². The maximum atomic E-state index is 11.6. The van der Waals surface area contributed by atoms with Crippen molar-refractivity contribution >= 4 is 54.8 Å². The highest BCUT2D eigenvalue weighted by molar-refractivity contribution is 9.13. The molecule has 0 aliphatic heterocycles. The monoisotopic (exact) mass is 416 g/mol. The number of rotatable bonds is 5. The van der Waals surface area contributed by atoms with Crippen molar-refractivity contribution in [2.75, 3.05) is 11.9 Å². The van der Waals surface area contributed by atoms with Crippen molar-refractivity contribution in [3.8, 4) is 0 Å². The highest BCUT2D eigenvalue weighted by atomic mass is 79.9. The number of hydrogen-bond acceptors (Lipinski definition) is 3. The van der Waals surface area contributed by atoms with E-state index >= 15 is 0 Å². The van der Waals surface area contributed by atoms with Gasteiger partial charge in [-0.1, -0.05) is 0 Å². The zero-order valence-electron chi connectivity index (χ0n) is 10.9. The second-order valence-corrected chi connectivity index (χ2v) is 7.43. The molecule has 6 heteroatoms. The van der Waals surface area contributed by atoms with Crippen LogP contribution in [0.4, 0.5) is 5.69 Å². The quantitative estimate of drug-likeness (QED) is 0.744. The Morgan fingerprint density at radius 2 is 1.95 bits per heavy atom. The predicted molar refractivity (Wildman–Crippen MR) is 91.5 cm³/mol. The van der Waals surface area contributed by atoms with Gasteiger partial charge in [-0.2, -0.15) is 0 Å². The van der Waals surface area contributed by atoms with Crippen LogP contribution in [0.1, 0.15) is 22.2 Å². The van der Waals surface area contributed by atoms with E-state index in [1.807, 2.05) is 31.2 Å². The third-order valence-corrected chi connectivity index (χ3v) is 5.90. The summed E-state index contributed by atoms with van der Waals surface area (Å²) in [5.74, 6) is -0.0369. The van der Waals surface area contributed by atoms with Crippen molar-refractivity contribution in [1.29, 1.82) is 0 Å². The van der Waals surface area contributed by atoms with E-state index in [4.69, 9.17) is 0 Å². The van der Waals surface area contributed by atoms with E-state index in [0.717, 1.165) is 20.5 Å². The Hall–Kier alpha value is -0.850. The Labute approximate surface area is 139 Å². The molecule has 0 spiro atoms. The molecule has 0 aliphatic carbocycles. The Morgan fingerprint density at radius 3 is 2.50 bits per heavy atom. The van der Waals surface area contributed by atoms with Crippen molar-refractivity contribution < 1.29 is 4.79 Å². The van der Waals surface area contributed by atoms with Gasteiger partial charge in [0.2, 0.25) is 0 Å². The van der Waals surface area contributed by atoms with Gasteiger partial charge in [-0.3, -0.25) is 4.79 Å². The van der Waals surface area contributed by atoms with E-state index in [2.05, 4.69) is 48.6 Å². The lowest BCUT2D eigenvalue weighted by Crippen LogP contribution is -2.22. The van der Waals surface area contributed by atoms with E-state index in [9.17, 15) is 4.79 Å². The molecule has 0 radical (unpaired) electrons. The molecule has 0 unspecified atom stereocenters. The number of carbonyl (C=O) groups is 1. The molecule has 1 heterocycles. The Kier molecular flexibility index (Phi) is 5.63. The summed E-state index contributed by atoms with van der Waals surface area (Å²) in [4.78, 5) is 12.9. The Balaban J connectivity index is 1.95. The van der Waals surface area contributed by atoms with Crippen LogP contribution in [0.2, 0.25) is 0 Å². The third kappa shape index (κ3) is 4.07. The van der Waals surface area contributed by atoms with Crippen molar-refractivity contribution in [2.45, 2.75) is 13.5 Å². The average molecular weight is 418 g/mol. The number of nitrogens with one attached hydrogen (secondary N) is 2. The lowest BCUT2D eigenvalue weighted by Gasteiger charge is -2.06. The predicted octanol–water partition coefficient (Wildman–Crippen LogP) is 4.63. The molecule has 20 heavy (non-hydrogen) atoms. The Bertz CT molecular complexity index is 576. The van der Waals surface area contributed by atoms with Gasteiger partial charge in [0.1, 0.15) is 0 Å². The molecule has 0 saturated carbocycles. The van der Waals surface area contributed by atoms with Gasteiger partial charge in [-0.05, 0) is 69.1 Å². The first kappa shape index (κ1) is 15.5. The number of carbonyl (C=O) groups excluding carboxylic acids is 1. The molecule has 2 N–H and O–H groups in total. The largest absolute Gasteiger partial charge is 0.380 e. The highest BCUT2D eigenvalue weighted by Gasteiger charge is 2.05. The number of anilines is 1. The fraction of sp³-hybridized carbons (Fsp3) is 0.214. The van der Waals surface area contributed by atoms with Crippen LogP contribution in [0, 0.1) is 0 Å². The van der Waals surface area contributed by atoms with Gasteiger partial charge < -0.3 is 10.6 Å². The minimum Gasteiger partial charge on any atom is -0.380 e. The summed E-state index contributed by atoms with van der Waals surface area (Å²) in [6.07, 6.45) is 0. The summed E-state index contributed by atoms with van der Waals surface area (Å²) in [5.41, 5.74) is 1.68. The van der Waals surface area contributed by atoms with Crippen LogP contribution < -0.4 is 10.6 Å². The van der Waals surface area contributed by atoms with Crippen molar-refractivity contribution in [3.63, 3.8) is 0 Å². The molecule has 0 atom stereocenters. The normalized spacial score (nSPS) is 10.3. The summed E-state index contributed by atoms with van der Waals surface area (Å²) in [5, 5.41) is 6.12. The molecule has 2 aromatic rings. The molecule has 3 nitrogen and oxygen atoms in total. The number of thiophene rings is 1. The first-order valence-electron chi connectivity index (χ1n) is 6.16. The number of benzene rings is 1. The molecule has 1 amide bonds. The van der Waals surface area contributed by atoms with E-state index in [0.29, 0.717) is 12.1 Å². The van der Waals surface area contributed by atoms with Gasteiger partial charge in [-0.15, -0.1) is 11.3 Å². The van der Waals surface area contributed by atoms with E-state index in [1.54, 1.807) is 11.3 Å². The van der Waals surface area contributed by atoms with Crippen molar-refractivity contribution in [3.05, 3.63) is 49.0 Å². The average Bonchev–Trinajstić information content (AvgIpc) is 2.76. The first-order chi connectivity index (χ1) is 9.60. The smallest absolute Gasteiger partial charge is 0.251 e. The van der Waals surface area contributed by atoms with Crippen LogP contribution in [-0.4, -0.2) is 12.5 Å². The van der Waals surface area contributed by atoms with Gasteiger partial charge >= 0.3 is 0 Å².